The lowest BCUT2D eigenvalue weighted by Crippen LogP contribution is -2.34. The quantitative estimate of drug-likeness (QED) is 0.719. The van der Waals surface area contributed by atoms with Crippen LogP contribution in [0.5, 0.6) is 0 Å². The van der Waals surface area contributed by atoms with Crippen LogP contribution in [-0.2, 0) is 6.42 Å². The van der Waals surface area contributed by atoms with Crippen LogP contribution in [0.4, 0.5) is 0 Å². The molecular weight excluding hydrogens is 306 g/mol. The molecule has 2 heterocycles. The summed E-state index contributed by atoms with van der Waals surface area (Å²) in [5.41, 5.74) is 11.5. The largest absolute Gasteiger partial charge is 0.364 e. The van der Waals surface area contributed by atoms with Crippen LogP contribution in [-0.4, -0.2) is 10.7 Å². The molecule has 0 saturated heterocycles. The molecule has 5 rings (SSSR count). The summed E-state index contributed by atoms with van der Waals surface area (Å²) < 4.78 is 0. The minimum absolute atomic E-state index is 0.201. The highest BCUT2D eigenvalue weighted by Gasteiger charge is 2.39. The van der Waals surface area contributed by atoms with E-state index in [0.717, 1.165) is 17.8 Å². The number of benzene rings is 2. The normalized spacial score (nSPS) is 21.3. The summed E-state index contributed by atoms with van der Waals surface area (Å²) in [5.74, 6) is 0.557. The van der Waals surface area contributed by atoms with Crippen molar-refractivity contribution in [3.05, 3.63) is 101 Å². The maximum absolute atomic E-state index is 4.74. The van der Waals surface area contributed by atoms with Gasteiger partial charge in [0.15, 0.2) is 0 Å². The van der Waals surface area contributed by atoms with Crippen LogP contribution in [0.2, 0.25) is 0 Å². The predicted octanol–water partition coefficient (Wildman–Crippen LogP) is 4.42. The van der Waals surface area contributed by atoms with Crippen molar-refractivity contribution in [1.82, 2.24) is 10.4 Å². The smallest absolute Gasteiger partial charge is 0.0784 e. The fourth-order valence-electron chi connectivity index (χ4n) is 4.25. The summed E-state index contributed by atoms with van der Waals surface area (Å²) in [7, 11) is 0. The van der Waals surface area contributed by atoms with E-state index in [0.29, 0.717) is 5.92 Å². The molecule has 3 nitrogen and oxygen atoms in total. The molecule has 1 aliphatic heterocycles. The van der Waals surface area contributed by atoms with Crippen molar-refractivity contribution in [2.45, 2.75) is 18.3 Å². The zero-order valence-electron chi connectivity index (χ0n) is 13.9. The van der Waals surface area contributed by atoms with Crippen molar-refractivity contribution < 1.29 is 0 Å². The van der Waals surface area contributed by atoms with E-state index in [-0.39, 0.29) is 5.92 Å². The maximum atomic E-state index is 4.74. The van der Waals surface area contributed by atoms with Crippen LogP contribution in [0.15, 0.2) is 78.5 Å². The van der Waals surface area contributed by atoms with E-state index >= 15 is 0 Å². The number of hydrogen-bond acceptors (Lipinski definition) is 2. The second kappa shape index (κ2) is 5.49. The number of nitrogens with zero attached hydrogens (tertiary/aromatic N) is 1. The number of aromatic nitrogens is 1. The average Bonchev–Trinajstić information content (AvgIpc) is 3.19. The van der Waals surface area contributed by atoms with Crippen LogP contribution >= 0.6 is 0 Å². The highest BCUT2D eigenvalue weighted by Crippen LogP contribution is 2.45. The minimum atomic E-state index is 0.201. The van der Waals surface area contributed by atoms with Crippen molar-refractivity contribution in [3.63, 3.8) is 0 Å². The molecule has 2 unspecified atom stereocenters. The summed E-state index contributed by atoms with van der Waals surface area (Å²) >= 11 is 0. The fourth-order valence-corrected chi connectivity index (χ4v) is 4.25. The molecule has 25 heavy (non-hydrogen) atoms. The molecule has 2 aliphatic rings. The molecule has 2 aromatic carbocycles. The first kappa shape index (κ1) is 14.3. The van der Waals surface area contributed by atoms with E-state index in [1.165, 1.54) is 27.9 Å². The van der Waals surface area contributed by atoms with Gasteiger partial charge in [-0.15, -0.1) is 0 Å². The molecule has 0 amide bonds. The molecule has 0 fully saturated rings. The first-order chi connectivity index (χ1) is 12.3. The molecule has 0 spiro atoms. The predicted molar refractivity (Wildman–Crippen MR) is 102 cm³/mol. The molecule has 2 N–H and O–H groups in total. The van der Waals surface area contributed by atoms with Crippen molar-refractivity contribution in [2.24, 2.45) is 5.10 Å². The van der Waals surface area contributed by atoms with Gasteiger partial charge in [-0.05, 0) is 29.7 Å². The van der Waals surface area contributed by atoms with Gasteiger partial charge >= 0.3 is 0 Å². The van der Waals surface area contributed by atoms with Gasteiger partial charge in [0.2, 0.25) is 0 Å². The van der Waals surface area contributed by atoms with E-state index in [4.69, 9.17) is 5.10 Å². The van der Waals surface area contributed by atoms with Gasteiger partial charge in [0.05, 0.1) is 17.3 Å². The summed E-state index contributed by atoms with van der Waals surface area (Å²) in [6.07, 6.45) is 3.00. The molecule has 0 radical (unpaired) electrons. The second-order valence-corrected chi connectivity index (χ2v) is 6.75. The number of H-pyrrole nitrogens is 1. The average molecular weight is 325 g/mol. The Morgan fingerprint density at radius 1 is 0.960 bits per heavy atom. The van der Waals surface area contributed by atoms with Crippen molar-refractivity contribution in [1.29, 1.82) is 0 Å². The molecule has 0 saturated carbocycles. The highest BCUT2D eigenvalue weighted by atomic mass is 15.3. The lowest BCUT2D eigenvalue weighted by molar-refractivity contribution is 0.607. The third kappa shape index (κ3) is 2.16. The summed E-state index contributed by atoms with van der Waals surface area (Å²) in [4.78, 5) is 3.43. The standard InChI is InChI=1S/C22H19N3/c1-14-17-10-5-9-16-13-18(15-7-3-2-4-8-15)21(19-11-6-12-23-19)22(20(16)17)25-24-14/h2-12,18,21,23-24H,1,13H2. The molecule has 122 valence electrons. The number of hydrazone groups is 1. The molecule has 3 aromatic rings. The number of rotatable bonds is 2. The van der Waals surface area contributed by atoms with Crippen LogP contribution in [0.1, 0.15) is 39.8 Å². The third-order valence-electron chi connectivity index (χ3n) is 5.36. The Kier molecular flexibility index (Phi) is 3.14. The van der Waals surface area contributed by atoms with Crippen molar-refractivity contribution >= 4 is 11.4 Å². The molecule has 2 atom stereocenters. The van der Waals surface area contributed by atoms with Crippen LogP contribution < -0.4 is 5.43 Å². The Hall–Kier alpha value is -3.07. The lowest BCUT2D eigenvalue weighted by Gasteiger charge is -2.37. The van der Waals surface area contributed by atoms with E-state index in [1.807, 2.05) is 6.20 Å². The van der Waals surface area contributed by atoms with Gasteiger partial charge in [0.25, 0.3) is 0 Å². The summed E-state index contributed by atoms with van der Waals surface area (Å²) in [6.45, 7) is 4.13. The molecule has 0 bridgehead atoms. The Bertz CT molecular complexity index is 968. The third-order valence-corrected chi connectivity index (χ3v) is 5.36. The van der Waals surface area contributed by atoms with Crippen LogP contribution in [0, 0.1) is 0 Å². The monoisotopic (exact) mass is 325 g/mol. The van der Waals surface area contributed by atoms with E-state index in [2.05, 4.69) is 77.7 Å². The van der Waals surface area contributed by atoms with Gasteiger partial charge in [-0.3, -0.25) is 5.43 Å². The lowest BCUT2D eigenvalue weighted by atomic mass is 9.69. The van der Waals surface area contributed by atoms with Gasteiger partial charge in [0.1, 0.15) is 0 Å². The maximum Gasteiger partial charge on any atom is 0.0784 e. The SMILES string of the molecule is C=C1NN=C2c3c(cccc31)CC(c1ccccc1)C2c1ccc[nH]1. The highest BCUT2D eigenvalue weighted by molar-refractivity contribution is 6.12. The first-order valence-corrected chi connectivity index (χ1v) is 8.66. The Labute approximate surface area is 147 Å². The first-order valence-electron chi connectivity index (χ1n) is 8.66. The Morgan fingerprint density at radius 2 is 1.84 bits per heavy atom. The molecule has 3 heteroatoms. The van der Waals surface area contributed by atoms with Gasteiger partial charge in [-0.1, -0.05) is 55.1 Å². The Balaban J connectivity index is 1.75. The van der Waals surface area contributed by atoms with Crippen molar-refractivity contribution in [2.75, 3.05) is 0 Å². The summed E-state index contributed by atoms with van der Waals surface area (Å²) in [5, 5.41) is 4.74. The summed E-state index contributed by atoms with van der Waals surface area (Å²) in [6, 6.07) is 21.5. The van der Waals surface area contributed by atoms with Crippen molar-refractivity contribution in [3.8, 4) is 0 Å². The topological polar surface area (TPSA) is 40.2 Å². The minimum Gasteiger partial charge on any atom is -0.364 e. The molecule has 1 aromatic heterocycles. The number of aromatic amines is 1. The molecule has 1 aliphatic carbocycles. The van der Waals surface area contributed by atoms with Crippen LogP contribution in [0.3, 0.4) is 0 Å². The van der Waals surface area contributed by atoms with Gasteiger partial charge in [-0.2, -0.15) is 5.10 Å². The van der Waals surface area contributed by atoms with E-state index in [9.17, 15) is 0 Å². The Morgan fingerprint density at radius 3 is 2.64 bits per heavy atom. The molecular formula is C22H19N3. The number of hydrogen-bond donors (Lipinski definition) is 2. The van der Waals surface area contributed by atoms with E-state index < -0.39 is 0 Å². The number of nitrogens with one attached hydrogen (secondary N) is 2. The van der Waals surface area contributed by atoms with Crippen LogP contribution in [0.25, 0.3) is 5.70 Å². The second-order valence-electron chi connectivity index (χ2n) is 6.75. The fraction of sp³-hybridized carbons (Fsp3) is 0.136. The van der Waals surface area contributed by atoms with E-state index in [1.54, 1.807) is 0 Å². The van der Waals surface area contributed by atoms with Gasteiger partial charge in [-0.25, -0.2) is 0 Å². The van der Waals surface area contributed by atoms with Gasteiger partial charge < -0.3 is 4.98 Å². The zero-order valence-corrected chi connectivity index (χ0v) is 13.9. The van der Waals surface area contributed by atoms with Gasteiger partial charge in [0, 0.05) is 28.9 Å². The zero-order chi connectivity index (χ0) is 16.8.